The molecule has 0 radical (unpaired) electrons. The van der Waals surface area contributed by atoms with E-state index in [-0.39, 0.29) is 11.3 Å². The Labute approximate surface area is 123 Å². The number of hydrogen-bond acceptors (Lipinski definition) is 4. The summed E-state index contributed by atoms with van der Waals surface area (Å²) in [7, 11) is 0. The van der Waals surface area contributed by atoms with Gasteiger partial charge in [0.15, 0.2) is 0 Å². The van der Waals surface area contributed by atoms with Crippen LogP contribution < -0.4 is 15.8 Å². The number of benzene rings is 1. The average Bonchev–Trinajstić information content (AvgIpc) is 2.42. The fourth-order valence-corrected chi connectivity index (χ4v) is 1.68. The summed E-state index contributed by atoms with van der Waals surface area (Å²) in [5, 5.41) is 2.55. The summed E-state index contributed by atoms with van der Waals surface area (Å²) in [4.78, 5) is 34.3. The van der Waals surface area contributed by atoms with Gasteiger partial charge < -0.3 is 15.8 Å². The van der Waals surface area contributed by atoms with Crippen LogP contribution in [0.1, 0.15) is 30.1 Å². The molecule has 0 spiro atoms. The Kier molecular flexibility index (Phi) is 6.13. The summed E-state index contributed by atoms with van der Waals surface area (Å²) in [5.74, 6) is -1.29. The Morgan fingerprint density at radius 2 is 2.14 bits per heavy atom. The summed E-state index contributed by atoms with van der Waals surface area (Å²) in [6, 6.07) is 5.33. The summed E-state index contributed by atoms with van der Waals surface area (Å²) >= 11 is 0. The number of nitrogens with two attached hydrogens (primary N) is 1. The molecule has 112 valence electrons. The van der Waals surface area contributed by atoms with E-state index in [2.05, 4.69) is 11.9 Å². The molecule has 1 atom stereocenters. The van der Waals surface area contributed by atoms with Crippen LogP contribution in [0.2, 0.25) is 0 Å². The van der Waals surface area contributed by atoms with Gasteiger partial charge in [0.05, 0.1) is 0 Å². The van der Waals surface area contributed by atoms with Crippen LogP contribution in [-0.4, -0.2) is 23.8 Å². The Morgan fingerprint density at radius 1 is 1.43 bits per heavy atom. The minimum atomic E-state index is -0.770. The van der Waals surface area contributed by atoms with E-state index in [4.69, 9.17) is 10.5 Å². The largest absolute Gasteiger partial charge is 0.427 e. The molecule has 6 heteroatoms. The number of carbonyl (C=O) groups is 3. The Hall–Kier alpha value is -2.63. The van der Waals surface area contributed by atoms with E-state index < -0.39 is 23.8 Å². The molecule has 0 aliphatic heterocycles. The zero-order valence-electron chi connectivity index (χ0n) is 11.8. The van der Waals surface area contributed by atoms with E-state index in [1.165, 1.54) is 13.0 Å². The quantitative estimate of drug-likeness (QED) is 0.447. The third kappa shape index (κ3) is 5.48. The molecule has 0 aliphatic carbocycles. The fraction of sp³-hybridized carbons (Fsp3) is 0.267. The molecule has 3 N–H and O–H groups in total. The lowest BCUT2D eigenvalue weighted by Gasteiger charge is -2.14. The van der Waals surface area contributed by atoms with E-state index in [0.29, 0.717) is 12.8 Å². The van der Waals surface area contributed by atoms with Crippen molar-refractivity contribution in [2.45, 2.75) is 25.8 Å². The van der Waals surface area contributed by atoms with Gasteiger partial charge in [-0.3, -0.25) is 14.4 Å². The second kappa shape index (κ2) is 7.84. The first-order valence-electron chi connectivity index (χ1n) is 6.43. The SMILES string of the molecule is C=CCC[C@@H](NC(=O)c1cccc(OC(C)=O)c1)C(N)=O. The van der Waals surface area contributed by atoms with Crippen molar-refractivity contribution in [2.24, 2.45) is 5.73 Å². The molecule has 0 aliphatic rings. The molecule has 0 fully saturated rings. The molecule has 0 heterocycles. The lowest BCUT2D eigenvalue weighted by atomic mass is 10.1. The first kappa shape index (κ1) is 16.4. The molecule has 0 saturated carbocycles. The summed E-state index contributed by atoms with van der Waals surface area (Å²) < 4.78 is 4.90. The molecular formula is C15H18N2O4. The predicted molar refractivity (Wildman–Crippen MR) is 77.6 cm³/mol. The first-order valence-corrected chi connectivity index (χ1v) is 6.43. The molecular weight excluding hydrogens is 272 g/mol. The molecule has 0 saturated heterocycles. The van der Waals surface area contributed by atoms with Gasteiger partial charge in [0.25, 0.3) is 5.91 Å². The molecule has 2 amide bonds. The molecule has 1 aromatic rings. The maximum Gasteiger partial charge on any atom is 0.308 e. The molecule has 21 heavy (non-hydrogen) atoms. The zero-order chi connectivity index (χ0) is 15.8. The lowest BCUT2D eigenvalue weighted by molar-refractivity contribution is -0.131. The van der Waals surface area contributed by atoms with Gasteiger partial charge >= 0.3 is 5.97 Å². The standard InChI is InChI=1S/C15H18N2O4/c1-3-4-8-13(14(16)19)17-15(20)11-6-5-7-12(9-11)21-10(2)18/h3,5-7,9,13H,1,4,8H2,2H3,(H2,16,19)(H,17,20)/t13-/m1/s1. The van der Waals surface area contributed by atoms with Gasteiger partial charge in [-0.15, -0.1) is 6.58 Å². The Bertz CT molecular complexity index is 554. The van der Waals surface area contributed by atoms with Crippen LogP contribution in [0, 0.1) is 0 Å². The van der Waals surface area contributed by atoms with E-state index >= 15 is 0 Å². The van der Waals surface area contributed by atoms with E-state index in [0.717, 1.165) is 0 Å². The third-order valence-electron chi connectivity index (χ3n) is 2.67. The smallest absolute Gasteiger partial charge is 0.308 e. The molecule has 1 aromatic carbocycles. The highest BCUT2D eigenvalue weighted by Gasteiger charge is 2.18. The van der Waals surface area contributed by atoms with E-state index in [1.807, 2.05) is 0 Å². The summed E-state index contributed by atoms with van der Waals surface area (Å²) in [5.41, 5.74) is 5.52. The number of primary amides is 1. The maximum atomic E-state index is 12.1. The number of esters is 1. The molecule has 1 rings (SSSR count). The van der Waals surface area contributed by atoms with Gasteiger partial charge in [-0.2, -0.15) is 0 Å². The average molecular weight is 290 g/mol. The zero-order valence-corrected chi connectivity index (χ0v) is 11.8. The van der Waals surface area contributed by atoms with Crippen molar-refractivity contribution in [3.8, 4) is 5.75 Å². The third-order valence-corrected chi connectivity index (χ3v) is 2.67. The van der Waals surface area contributed by atoms with Crippen molar-refractivity contribution >= 4 is 17.8 Å². The molecule has 6 nitrogen and oxygen atoms in total. The number of rotatable bonds is 7. The predicted octanol–water partition coefficient (Wildman–Crippen LogP) is 1.16. The van der Waals surface area contributed by atoms with E-state index in [1.54, 1.807) is 24.3 Å². The van der Waals surface area contributed by atoms with Crippen molar-refractivity contribution in [2.75, 3.05) is 0 Å². The number of ether oxygens (including phenoxy) is 1. The lowest BCUT2D eigenvalue weighted by Crippen LogP contribution is -2.44. The van der Waals surface area contributed by atoms with Crippen LogP contribution in [-0.2, 0) is 9.59 Å². The van der Waals surface area contributed by atoms with Gasteiger partial charge in [-0.25, -0.2) is 0 Å². The monoisotopic (exact) mass is 290 g/mol. The minimum absolute atomic E-state index is 0.261. The fourth-order valence-electron chi connectivity index (χ4n) is 1.68. The molecule has 0 bridgehead atoms. The van der Waals surface area contributed by atoms with Crippen LogP contribution in [0.5, 0.6) is 5.75 Å². The Morgan fingerprint density at radius 3 is 2.71 bits per heavy atom. The van der Waals surface area contributed by atoms with Crippen molar-refractivity contribution < 1.29 is 19.1 Å². The number of hydrogen-bond donors (Lipinski definition) is 2. The van der Waals surface area contributed by atoms with Crippen LogP contribution in [0.4, 0.5) is 0 Å². The van der Waals surface area contributed by atoms with Gasteiger partial charge in [0, 0.05) is 12.5 Å². The topological polar surface area (TPSA) is 98.5 Å². The van der Waals surface area contributed by atoms with Crippen molar-refractivity contribution in [3.63, 3.8) is 0 Å². The second-order valence-corrected chi connectivity index (χ2v) is 4.42. The molecule has 0 unspecified atom stereocenters. The van der Waals surface area contributed by atoms with Gasteiger partial charge in [0.1, 0.15) is 11.8 Å². The summed E-state index contributed by atoms with van der Waals surface area (Å²) in [6.45, 7) is 4.82. The highest BCUT2D eigenvalue weighted by molar-refractivity contribution is 5.97. The normalized spacial score (nSPS) is 11.3. The van der Waals surface area contributed by atoms with Crippen LogP contribution >= 0.6 is 0 Å². The summed E-state index contributed by atoms with van der Waals surface area (Å²) in [6.07, 6.45) is 2.58. The second-order valence-electron chi connectivity index (χ2n) is 4.42. The first-order chi connectivity index (χ1) is 9.93. The van der Waals surface area contributed by atoms with Gasteiger partial charge in [-0.05, 0) is 31.0 Å². The van der Waals surface area contributed by atoms with Gasteiger partial charge in [0.2, 0.25) is 5.91 Å². The number of nitrogens with one attached hydrogen (secondary N) is 1. The Balaban J connectivity index is 2.79. The van der Waals surface area contributed by atoms with E-state index in [9.17, 15) is 14.4 Å². The van der Waals surface area contributed by atoms with Crippen molar-refractivity contribution in [1.29, 1.82) is 0 Å². The number of amides is 2. The number of carbonyl (C=O) groups excluding carboxylic acids is 3. The van der Waals surface area contributed by atoms with Crippen molar-refractivity contribution in [3.05, 3.63) is 42.5 Å². The molecule has 0 aromatic heterocycles. The van der Waals surface area contributed by atoms with Crippen LogP contribution in [0.3, 0.4) is 0 Å². The highest BCUT2D eigenvalue weighted by atomic mass is 16.5. The number of allylic oxidation sites excluding steroid dienone is 1. The highest BCUT2D eigenvalue weighted by Crippen LogP contribution is 2.14. The van der Waals surface area contributed by atoms with Crippen molar-refractivity contribution in [1.82, 2.24) is 5.32 Å². The maximum absolute atomic E-state index is 12.1. The minimum Gasteiger partial charge on any atom is -0.427 e. The van der Waals surface area contributed by atoms with Gasteiger partial charge in [-0.1, -0.05) is 12.1 Å². The van der Waals surface area contributed by atoms with Crippen LogP contribution in [0.15, 0.2) is 36.9 Å². The van der Waals surface area contributed by atoms with Crippen LogP contribution in [0.25, 0.3) is 0 Å².